The van der Waals surface area contributed by atoms with E-state index in [-0.39, 0.29) is 11.5 Å². The minimum Gasteiger partial charge on any atom is -0.851 e. The van der Waals surface area contributed by atoms with Crippen LogP contribution < -0.4 is 10.2 Å². The van der Waals surface area contributed by atoms with Crippen molar-refractivity contribution < 1.29 is 20.4 Å². The zero-order chi connectivity index (χ0) is 17.8. The molecule has 1 aliphatic rings. The summed E-state index contributed by atoms with van der Waals surface area (Å²) in [5, 5.41) is 45.2. The number of phenols is 2. The minimum absolute atomic E-state index is 0.153. The Labute approximate surface area is 142 Å². The van der Waals surface area contributed by atoms with Gasteiger partial charge in [0.25, 0.3) is 0 Å². The minimum atomic E-state index is -1.02. The van der Waals surface area contributed by atoms with E-state index >= 15 is 0 Å². The van der Waals surface area contributed by atoms with E-state index in [1.54, 1.807) is 24.3 Å². The molecule has 4 nitrogen and oxygen atoms in total. The lowest BCUT2D eigenvalue weighted by atomic mass is 9.61. The number of benzene rings is 2. The van der Waals surface area contributed by atoms with Crippen molar-refractivity contribution in [2.75, 3.05) is 0 Å². The number of rotatable bonds is 2. The van der Waals surface area contributed by atoms with Gasteiger partial charge in [0.15, 0.2) is 0 Å². The highest BCUT2D eigenvalue weighted by Crippen LogP contribution is 2.49. The molecule has 0 unspecified atom stereocenters. The van der Waals surface area contributed by atoms with Crippen LogP contribution in [0.4, 0.5) is 0 Å². The van der Waals surface area contributed by atoms with Crippen molar-refractivity contribution in [2.24, 2.45) is 0 Å². The van der Waals surface area contributed by atoms with Gasteiger partial charge in [-0.25, -0.2) is 0 Å². The van der Waals surface area contributed by atoms with Crippen LogP contribution in [0.25, 0.3) is 0 Å². The Morgan fingerprint density at radius 1 is 0.625 bits per heavy atom. The largest absolute Gasteiger partial charge is 0.851 e. The Morgan fingerprint density at radius 2 is 0.875 bits per heavy atom. The molecule has 0 heterocycles. The van der Waals surface area contributed by atoms with E-state index in [9.17, 15) is 20.4 Å². The fourth-order valence-electron chi connectivity index (χ4n) is 4.29. The predicted molar refractivity (Wildman–Crippen MR) is 88.2 cm³/mol. The first-order valence-electron chi connectivity index (χ1n) is 8.14. The molecule has 3 rings (SSSR count). The highest BCUT2D eigenvalue weighted by Gasteiger charge is 2.40. The second kappa shape index (κ2) is 5.80. The Balaban J connectivity index is 2.00. The summed E-state index contributed by atoms with van der Waals surface area (Å²) in [7, 11) is 0. The topological polar surface area (TPSA) is 86.6 Å². The Morgan fingerprint density at radius 3 is 1.12 bits per heavy atom. The molecule has 2 N–H and O–H groups in total. The van der Waals surface area contributed by atoms with Gasteiger partial charge in [-0.3, -0.25) is 0 Å². The Bertz CT molecular complexity index is 675. The van der Waals surface area contributed by atoms with Crippen molar-refractivity contribution in [3.05, 3.63) is 57.6 Å². The van der Waals surface area contributed by atoms with E-state index in [1.807, 2.05) is 27.7 Å². The van der Waals surface area contributed by atoms with Gasteiger partial charge >= 0.3 is 0 Å². The van der Waals surface area contributed by atoms with Crippen LogP contribution in [0.5, 0.6) is 11.5 Å². The van der Waals surface area contributed by atoms with Crippen LogP contribution in [0, 0.1) is 27.7 Å². The molecule has 1 aliphatic carbocycles. The van der Waals surface area contributed by atoms with Crippen LogP contribution >= 0.6 is 0 Å². The van der Waals surface area contributed by atoms with Gasteiger partial charge in [0.05, 0.1) is 0 Å². The van der Waals surface area contributed by atoms with Gasteiger partial charge in [-0.05, 0) is 97.2 Å². The standard InChI is InChI=1S/C20H22O4/c1-9-5-13(21)6-10(2)15(9)17-19(23)18(20(17)24)16-11(3)7-14(22)8-12(16)4/h5-8,17-22H,1-4H3/q-2. The molecular weight excluding hydrogens is 304 g/mol. The average molecular weight is 326 g/mol. The summed E-state index contributed by atoms with van der Waals surface area (Å²) in [4.78, 5) is 0. The Kier molecular flexibility index (Phi) is 4.06. The van der Waals surface area contributed by atoms with Crippen molar-refractivity contribution in [1.82, 2.24) is 0 Å². The summed E-state index contributed by atoms with van der Waals surface area (Å²) >= 11 is 0. The maximum Gasteiger partial charge on any atom is 0.116 e. The summed E-state index contributed by atoms with van der Waals surface area (Å²) in [6, 6.07) is 6.41. The molecule has 128 valence electrons. The van der Waals surface area contributed by atoms with Gasteiger partial charge < -0.3 is 20.4 Å². The second-order valence-electron chi connectivity index (χ2n) is 6.97. The molecule has 2 aromatic carbocycles. The highest BCUT2D eigenvalue weighted by molar-refractivity contribution is 5.50. The molecule has 2 aromatic rings. The van der Waals surface area contributed by atoms with Crippen LogP contribution in [-0.4, -0.2) is 22.4 Å². The molecule has 0 spiro atoms. The van der Waals surface area contributed by atoms with E-state index in [0.29, 0.717) is 0 Å². The molecule has 0 radical (unpaired) electrons. The van der Waals surface area contributed by atoms with Gasteiger partial charge in [0.2, 0.25) is 0 Å². The summed E-state index contributed by atoms with van der Waals surface area (Å²) in [5.74, 6) is -0.883. The summed E-state index contributed by atoms with van der Waals surface area (Å²) in [6.45, 7) is 7.30. The van der Waals surface area contributed by atoms with Gasteiger partial charge in [0.1, 0.15) is 11.5 Å². The number of hydrogen-bond acceptors (Lipinski definition) is 4. The number of aromatic hydroxyl groups is 2. The number of hydrogen-bond donors (Lipinski definition) is 2. The molecule has 0 atom stereocenters. The molecule has 0 saturated heterocycles. The third-order valence-electron chi connectivity index (χ3n) is 5.24. The van der Waals surface area contributed by atoms with Crippen LogP contribution in [0.1, 0.15) is 45.2 Å². The lowest BCUT2D eigenvalue weighted by Crippen LogP contribution is -2.64. The van der Waals surface area contributed by atoms with Crippen LogP contribution in [-0.2, 0) is 0 Å². The zero-order valence-corrected chi connectivity index (χ0v) is 14.3. The van der Waals surface area contributed by atoms with Gasteiger partial charge in [0, 0.05) is 0 Å². The van der Waals surface area contributed by atoms with Crippen LogP contribution in [0.15, 0.2) is 24.3 Å². The maximum atomic E-state index is 12.9. The molecule has 0 aliphatic heterocycles. The predicted octanol–water partition coefficient (Wildman–Crippen LogP) is 1.67. The fourth-order valence-corrected chi connectivity index (χ4v) is 4.29. The molecule has 1 fully saturated rings. The van der Waals surface area contributed by atoms with Gasteiger partial charge in [-0.15, -0.1) is 12.2 Å². The average Bonchev–Trinajstić information content (AvgIpc) is 2.46. The molecule has 24 heavy (non-hydrogen) atoms. The van der Waals surface area contributed by atoms with Crippen molar-refractivity contribution >= 4 is 0 Å². The number of aryl methyl sites for hydroxylation is 4. The van der Waals surface area contributed by atoms with E-state index in [4.69, 9.17) is 0 Å². The van der Waals surface area contributed by atoms with E-state index in [2.05, 4.69) is 0 Å². The molecule has 0 amide bonds. The lowest BCUT2D eigenvalue weighted by molar-refractivity contribution is -0.536. The maximum absolute atomic E-state index is 12.9. The normalized spacial score (nSPS) is 26.2. The van der Waals surface area contributed by atoms with E-state index in [1.165, 1.54) is 0 Å². The van der Waals surface area contributed by atoms with Crippen molar-refractivity contribution in [1.29, 1.82) is 0 Å². The SMILES string of the molecule is Cc1cc(O)cc(C)c1C1C([O-])C(c2c(C)cc(O)cc2C)C1[O-]. The summed E-state index contributed by atoms with van der Waals surface area (Å²) in [5.41, 5.74) is 4.71. The molecule has 1 saturated carbocycles. The first kappa shape index (κ1) is 16.8. The summed E-state index contributed by atoms with van der Waals surface area (Å²) < 4.78 is 0. The van der Waals surface area contributed by atoms with E-state index in [0.717, 1.165) is 33.4 Å². The monoisotopic (exact) mass is 326 g/mol. The molecule has 0 aromatic heterocycles. The zero-order valence-electron chi connectivity index (χ0n) is 14.3. The summed E-state index contributed by atoms with van der Waals surface area (Å²) in [6.07, 6.45) is -2.03. The van der Waals surface area contributed by atoms with Crippen molar-refractivity contribution in [3.63, 3.8) is 0 Å². The molecular formula is C20H22O4-2. The van der Waals surface area contributed by atoms with E-state index < -0.39 is 24.0 Å². The second-order valence-corrected chi connectivity index (χ2v) is 6.97. The smallest absolute Gasteiger partial charge is 0.116 e. The fraction of sp³-hybridized carbons (Fsp3) is 0.400. The first-order valence-corrected chi connectivity index (χ1v) is 8.14. The van der Waals surface area contributed by atoms with Gasteiger partial charge in [-0.2, -0.15) is 0 Å². The van der Waals surface area contributed by atoms with Crippen LogP contribution in [0.3, 0.4) is 0 Å². The van der Waals surface area contributed by atoms with Crippen LogP contribution in [0.2, 0.25) is 0 Å². The van der Waals surface area contributed by atoms with Crippen molar-refractivity contribution in [2.45, 2.75) is 51.7 Å². The molecule has 0 bridgehead atoms. The Hall–Kier alpha value is -2.04. The third kappa shape index (κ3) is 2.46. The third-order valence-corrected chi connectivity index (χ3v) is 5.24. The lowest BCUT2D eigenvalue weighted by Gasteiger charge is -2.63. The quantitative estimate of drug-likeness (QED) is 0.879. The highest BCUT2D eigenvalue weighted by atomic mass is 16.3. The first-order chi connectivity index (χ1) is 11.2. The molecule has 4 heteroatoms. The van der Waals surface area contributed by atoms with Crippen molar-refractivity contribution in [3.8, 4) is 11.5 Å². The van der Waals surface area contributed by atoms with Gasteiger partial charge in [-0.1, -0.05) is 0 Å². The number of phenolic OH excluding ortho intramolecular Hbond substituents is 2.